The lowest BCUT2D eigenvalue weighted by Crippen LogP contribution is -2.47. The van der Waals surface area contributed by atoms with E-state index in [0.717, 1.165) is 56.3 Å². The van der Waals surface area contributed by atoms with Gasteiger partial charge in [-0.05, 0) is 55.7 Å². The van der Waals surface area contributed by atoms with Gasteiger partial charge >= 0.3 is 0 Å². The molecule has 0 radical (unpaired) electrons. The van der Waals surface area contributed by atoms with Gasteiger partial charge in [0, 0.05) is 38.9 Å². The van der Waals surface area contributed by atoms with Crippen molar-refractivity contribution in [3.05, 3.63) is 47.8 Å². The van der Waals surface area contributed by atoms with E-state index in [1.807, 2.05) is 29.9 Å². The molecule has 1 aliphatic rings. The highest BCUT2D eigenvalue weighted by Crippen LogP contribution is 2.33. The van der Waals surface area contributed by atoms with E-state index in [9.17, 15) is 0 Å². The maximum absolute atomic E-state index is 6.11. The first-order valence-electron chi connectivity index (χ1n) is 11.5. The molecule has 0 amide bonds. The zero-order valence-corrected chi connectivity index (χ0v) is 19.8. The number of ether oxygens (including phenoxy) is 1. The number of nitrogens with zero attached hydrogens (tertiary/aromatic N) is 3. The predicted molar refractivity (Wildman–Crippen MR) is 128 cm³/mol. The van der Waals surface area contributed by atoms with E-state index in [4.69, 9.17) is 4.74 Å². The van der Waals surface area contributed by atoms with E-state index in [-0.39, 0.29) is 11.5 Å². The lowest BCUT2D eigenvalue weighted by molar-refractivity contribution is -0.0835. The average Bonchev–Trinajstić information content (AvgIpc) is 3.14. The highest BCUT2D eigenvalue weighted by atomic mass is 16.5. The van der Waals surface area contributed by atoms with Crippen LogP contribution in [-0.4, -0.2) is 48.6 Å². The third-order valence-corrected chi connectivity index (χ3v) is 5.99. The number of benzene rings is 1. The molecule has 2 heterocycles. The van der Waals surface area contributed by atoms with Crippen LogP contribution in [0.4, 0.5) is 0 Å². The van der Waals surface area contributed by atoms with Gasteiger partial charge in [-0.15, -0.1) is 0 Å². The van der Waals surface area contributed by atoms with Crippen LogP contribution in [0.5, 0.6) is 0 Å². The molecular formula is C25H39N5O. The number of hydrogen-bond acceptors (Lipinski definition) is 3. The van der Waals surface area contributed by atoms with Crippen molar-refractivity contribution >= 4 is 5.96 Å². The lowest BCUT2D eigenvalue weighted by atomic mass is 9.78. The van der Waals surface area contributed by atoms with E-state index in [1.54, 1.807) is 0 Å². The van der Waals surface area contributed by atoms with Crippen LogP contribution in [0.1, 0.15) is 51.3 Å². The lowest BCUT2D eigenvalue weighted by Gasteiger charge is -2.40. The molecule has 1 fully saturated rings. The van der Waals surface area contributed by atoms with Gasteiger partial charge in [0.05, 0.1) is 17.5 Å². The fourth-order valence-electron chi connectivity index (χ4n) is 4.40. The second-order valence-corrected chi connectivity index (χ2v) is 9.56. The second kappa shape index (κ2) is 10.8. The molecule has 31 heavy (non-hydrogen) atoms. The molecule has 1 saturated heterocycles. The summed E-state index contributed by atoms with van der Waals surface area (Å²) in [7, 11) is 1.84. The van der Waals surface area contributed by atoms with Gasteiger partial charge in [-0.3, -0.25) is 4.99 Å². The average molecular weight is 426 g/mol. The van der Waals surface area contributed by atoms with Crippen molar-refractivity contribution in [2.24, 2.45) is 16.3 Å². The molecule has 0 saturated carbocycles. The first-order valence-corrected chi connectivity index (χ1v) is 11.5. The highest BCUT2D eigenvalue weighted by molar-refractivity contribution is 5.79. The first kappa shape index (κ1) is 23.3. The molecule has 2 N–H and O–H groups in total. The van der Waals surface area contributed by atoms with Gasteiger partial charge in [-0.1, -0.05) is 39.0 Å². The second-order valence-electron chi connectivity index (χ2n) is 9.56. The van der Waals surface area contributed by atoms with Crippen molar-refractivity contribution in [2.75, 3.05) is 26.7 Å². The standard InChI is InChI=1S/C25H39N5O/c1-19-21(18-30(29-19)22-13-7-6-8-14-22)11-9-15-27-24(26-5)28-17-20-12-10-16-31-23(20)25(2,3)4/h6-8,13-14,18,20,23H,9-12,15-17H2,1-5H3,(H2,26,27,28). The molecule has 1 aromatic carbocycles. The smallest absolute Gasteiger partial charge is 0.190 e. The summed E-state index contributed by atoms with van der Waals surface area (Å²) in [5.74, 6) is 1.38. The number of guanidine groups is 1. The van der Waals surface area contributed by atoms with E-state index in [0.29, 0.717) is 5.92 Å². The van der Waals surface area contributed by atoms with Crippen LogP contribution in [0, 0.1) is 18.3 Å². The van der Waals surface area contributed by atoms with E-state index in [2.05, 4.69) is 66.7 Å². The Labute approximate surface area is 187 Å². The molecule has 2 unspecified atom stereocenters. The number of para-hydroxylation sites is 1. The van der Waals surface area contributed by atoms with Crippen LogP contribution in [0.15, 0.2) is 41.5 Å². The minimum atomic E-state index is 0.158. The quantitative estimate of drug-likeness (QED) is 0.398. The Kier molecular flexibility index (Phi) is 8.13. The fourth-order valence-corrected chi connectivity index (χ4v) is 4.40. The molecule has 2 atom stereocenters. The van der Waals surface area contributed by atoms with Crippen molar-refractivity contribution < 1.29 is 4.74 Å². The van der Waals surface area contributed by atoms with Crippen LogP contribution < -0.4 is 10.6 Å². The minimum absolute atomic E-state index is 0.158. The molecule has 6 nitrogen and oxygen atoms in total. The van der Waals surface area contributed by atoms with Crippen molar-refractivity contribution in [2.45, 2.75) is 59.5 Å². The molecule has 1 aliphatic heterocycles. The Hall–Kier alpha value is -2.34. The summed E-state index contributed by atoms with van der Waals surface area (Å²) in [4.78, 5) is 4.40. The van der Waals surface area contributed by atoms with Crippen molar-refractivity contribution in [3.8, 4) is 5.69 Å². The third kappa shape index (κ3) is 6.57. The van der Waals surface area contributed by atoms with Gasteiger partial charge in [0.2, 0.25) is 0 Å². The molecule has 0 bridgehead atoms. The van der Waals surface area contributed by atoms with Crippen LogP contribution in [0.3, 0.4) is 0 Å². The largest absolute Gasteiger partial charge is 0.377 e. The number of aryl methyl sites for hydroxylation is 2. The maximum Gasteiger partial charge on any atom is 0.190 e. The van der Waals surface area contributed by atoms with Gasteiger partial charge in [0.15, 0.2) is 5.96 Å². The third-order valence-electron chi connectivity index (χ3n) is 5.99. The Morgan fingerprint density at radius 3 is 2.71 bits per heavy atom. The molecule has 3 rings (SSSR count). The zero-order chi connectivity index (χ0) is 22.3. The van der Waals surface area contributed by atoms with Gasteiger partial charge in [-0.25, -0.2) is 4.68 Å². The van der Waals surface area contributed by atoms with E-state index < -0.39 is 0 Å². The Bertz CT molecular complexity index is 837. The molecule has 2 aromatic rings. The number of aliphatic imine (C=N–C) groups is 1. The number of rotatable bonds is 7. The summed E-state index contributed by atoms with van der Waals surface area (Å²) in [6.45, 7) is 11.5. The summed E-state index contributed by atoms with van der Waals surface area (Å²) >= 11 is 0. The van der Waals surface area contributed by atoms with E-state index >= 15 is 0 Å². The van der Waals surface area contributed by atoms with Gasteiger partial charge in [-0.2, -0.15) is 5.10 Å². The molecule has 0 spiro atoms. The van der Waals surface area contributed by atoms with Crippen molar-refractivity contribution in [3.63, 3.8) is 0 Å². The fraction of sp³-hybridized carbons (Fsp3) is 0.600. The van der Waals surface area contributed by atoms with E-state index in [1.165, 1.54) is 12.0 Å². The van der Waals surface area contributed by atoms with Gasteiger partial charge < -0.3 is 15.4 Å². The van der Waals surface area contributed by atoms with Crippen molar-refractivity contribution in [1.29, 1.82) is 0 Å². The Morgan fingerprint density at radius 2 is 2.00 bits per heavy atom. The normalized spacial score (nSPS) is 20.0. The predicted octanol–water partition coefficient (Wildman–Crippen LogP) is 4.12. The van der Waals surface area contributed by atoms with Crippen LogP contribution in [0.25, 0.3) is 5.69 Å². The van der Waals surface area contributed by atoms with Gasteiger partial charge in [0.25, 0.3) is 0 Å². The Morgan fingerprint density at radius 1 is 1.23 bits per heavy atom. The first-order chi connectivity index (χ1) is 14.9. The summed E-state index contributed by atoms with van der Waals surface area (Å²) in [5.41, 5.74) is 3.64. The molecule has 6 heteroatoms. The molecule has 170 valence electrons. The van der Waals surface area contributed by atoms with Crippen LogP contribution >= 0.6 is 0 Å². The van der Waals surface area contributed by atoms with Crippen LogP contribution in [-0.2, 0) is 11.2 Å². The zero-order valence-electron chi connectivity index (χ0n) is 19.8. The molecular weight excluding hydrogens is 386 g/mol. The molecule has 0 aliphatic carbocycles. The number of hydrogen-bond donors (Lipinski definition) is 2. The number of aromatic nitrogens is 2. The van der Waals surface area contributed by atoms with Crippen molar-refractivity contribution in [1.82, 2.24) is 20.4 Å². The SMILES string of the molecule is CN=C(NCCCc1cn(-c2ccccc2)nc1C)NCC1CCCOC1C(C)(C)C. The topological polar surface area (TPSA) is 63.5 Å². The van der Waals surface area contributed by atoms with Crippen LogP contribution in [0.2, 0.25) is 0 Å². The monoisotopic (exact) mass is 425 g/mol. The highest BCUT2D eigenvalue weighted by Gasteiger charge is 2.35. The summed E-state index contributed by atoms with van der Waals surface area (Å²) in [6, 6.07) is 10.3. The maximum atomic E-state index is 6.11. The van der Waals surface area contributed by atoms with Gasteiger partial charge in [0.1, 0.15) is 0 Å². The Balaban J connectivity index is 1.44. The number of nitrogens with one attached hydrogen (secondary N) is 2. The summed E-state index contributed by atoms with van der Waals surface area (Å²) in [5, 5.41) is 11.6. The minimum Gasteiger partial charge on any atom is -0.377 e. The molecule has 1 aromatic heterocycles. The summed E-state index contributed by atoms with van der Waals surface area (Å²) in [6.07, 6.45) is 6.80. The summed E-state index contributed by atoms with van der Waals surface area (Å²) < 4.78 is 8.07.